The first-order valence-electron chi connectivity index (χ1n) is 9.99. The Morgan fingerprint density at radius 2 is 1.87 bits per heavy atom. The summed E-state index contributed by atoms with van der Waals surface area (Å²) in [5.74, 6) is -0.257. The summed E-state index contributed by atoms with van der Waals surface area (Å²) in [6.07, 6.45) is 0.292. The number of carbonyl (C=O) groups is 2. The van der Waals surface area contributed by atoms with Crippen LogP contribution in [0.25, 0.3) is 21.8 Å². The molecule has 0 unspecified atom stereocenters. The molecule has 5 nitrogen and oxygen atoms in total. The quantitative estimate of drug-likeness (QED) is 0.303. The zero-order valence-electron chi connectivity index (χ0n) is 16.8. The van der Waals surface area contributed by atoms with Crippen LogP contribution < -0.4 is 0 Å². The maximum absolute atomic E-state index is 13.2. The van der Waals surface area contributed by atoms with E-state index in [0.717, 1.165) is 39.5 Å². The lowest BCUT2D eigenvalue weighted by molar-refractivity contribution is 0.103. The molecule has 1 heterocycles. The largest absolute Gasteiger partial charge is 0.411 e. The fourth-order valence-corrected chi connectivity index (χ4v) is 4.61. The van der Waals surface area contributed by atoms with Gasteiger partial charge in [-0.3, -0.25) is 9.59 Å². The highest BCUT2D eigenvalue weighted by Gasteiger charge is 2.30. The molecule has 0 atom stereocenters. The Hall–Kier alpha value is -3.73. The number of carbonyl (C=O) groups excluding carboxylic acids is 2. The second kappa shape index (κ2) is 6.66. The molecule has 1 aliphatic carbocycles. The number of aryl methyl sites for hydroxylation is 2. The van der Waals surface area contributed by atoms with Crippen molar-refractivity contribution in [3.63, 3.8) is 0 Å². The van der Waals surface area contributed by atoms with Crippen LogP contribution in [0, 0.1) is 6.92 Å². The third kappa shape index (κ3) is 2.45. The molecule has 3 aromatic carbocycles. The zero-order valence-corrected chi connectivity index (χ0v) is 16.8. The normalized spacial score (nSPS) is 14.7. The molecule has 4 aromatic rings. The van der Waals surface area contributed by atoms with Gasteiger partial charge in [-0.25, -0.2) is 0 Å². The molecule has 30 heavy (non-hydrogen) atoms. The molecule has 0 bridgehead atoms. The molecule has 1 N–H and O–H groups in total. The maximum atomic E-state index is 13.2. The van der Waals surface area contributed by atoms with Gasteiger partial charge in [-0.15, -0.1) is 0 Å². The Bertz CT molecular complexity index is 1410. The maximum Gasteiger partial charge on any atom is 0.211 e. The van der Waals surface area contributed by atoms with Crippen LogP contribution in [0.3, 0.4) is 0 Å². The standard InChI is InChI=1S/C25H20N2O3/c1-3-27-21-10-8-15(24(28)16-7-5-4-6-14(16)2)12-19(21)23-18-13-20(26-30)25(29)17(18)9-11-22(23)27/h4-12,30H,3,13H2,1-2H3. The lowest BCUT2D eigenvalue weighted by Gasteiger charge is -2.06. The molecule has 0 amide bonds. The highest BCUT2D eigenvalue weighted by atomic mass is 16.4. The van der Waals surface area contributed by atoms with Crippen molar-refractivity contribution in [3.8, 4) is 0 Å². The van der Waals surface area contributed by atoms with Crippen LogP contribution in [0.5, 0.6) is 0 Å². The number of Topliss-reactive ketones (excluding diaryl/α,β-unsaturated/α-hetero) is 1. The van der Waals surface area contributed by atoms with Crippen molar-refractivity contribution < 1.29 is 14.8 Å². The van der Waals surface area contributed by atoms with E-state index >= 15 is 0 Å². The summed E-state index contributed by atoms with van der Waals surface area (Å²) in [5, 5.41) is 14.3. The number of oxime groups is 1. The van der Waals surface area contributed by atoms with E-state index < -0.39 is 0 Å². The molecular formula is C25H20N2O3. The summed E-state index contributed by atoms with van der Waals surface area (Å²) >= 11 is 0. The first-order valence-corrected chi connectivity index (χ1v) is 9.99. The fraction of sp³-hybridized carbons (Fsp3) is 0.160. The van der Waals surface area contributed by atoms with Crippen molar-refractivity contribution in [1.82, 2.24) is 4.57 Å². The Morgan fingerprint density at radius 3 is 2.60 bits per heavy atom. The monoisotopic (exact) mass is 396 g/mol. The van der Waals surface area contributed by atoms with E-state index in [1.165, 1.54) is 0 Å². The van der Waals surface area contributed by atoms with Crippen LogP contribution in [-0.4, -0.2) is 27.1 Å². The smallest absolute Gasteiger partial charge is 0.211 e. The summed E-state index contributed by atoms with van der Waals surface area (Å²) in [7, 11) is 0. The number of nitrogens with zero attached hydrogens (tertiary/aromatic N) is 2. The fourth-order valence-electron chi connectivity index (χ4n) is 4.61. The van der Waals surface area contributed by atoms with E-state index in [4.69, 9.17) is 0 Å². The third-order valence-corrected chi connectivity index (χ3v) is 6.08. The van der Waals surface area contributed by atoms with Crippen molar-refractivity contribution in [2.75, 3.05) is 0 Å². The summed E-state index contributed by atoms with van der Waals surface area (Å²) in [6.45, 7) is 4.77. The summed E-state index contributed by atoms with van der Waals surface area (Å²) < 4.78 is 2.19. The van der Waals surface area contributed by atoms with Gasteiger partial charge in [0.25, 0.3) is 0 Å². The van der Waals surface area contributed by atoms with Crippen LogP contribution in [0.4, 0.5) is 0 Å². The van der Waals surface area contributed by atoms with Crippen molar-refractivity contribution in [3.05, 3.63) is 82.4 Å². The minimum Gasteiger partial charge on any atom is -0.411 e. The molecule has 5 rings (SSSR count). The first-order chi connectivity index (χ1) is 14.5. The molecule has 0 spiro atoms. The number of fused-ring (bicyclic) bond motifs is 5. The van der Waals surface area contributed by atoms with Crippen molar-refractivity contribution in [2.24, 2.45) is 5.16 Å². The number of aromatic nitrogens is 1. The topological polar surface area (TPSA) is 71.7 Å². The van der Waals surface area contributed by atoms with Gasteiger partial charge in [0, 0.05) is 51.5 Å². The van der Waals surface area contributed by atoms with Crippen LogP contribution in [0.2, 0.25) is 0 Å². The number of hydrogen-bond acceptors (Lipinski definition) is 4. The molecule has 0 saturated carbocycles. The van der Waals surface area contributed by atoms with Crippen LogP contribution >= 0.6 is 0 Å². The Morgan fingerprint density at radius 1 is 1.10 bits per heavy atom. The SMILES string of the molecule is CCn1c2ccc(C(=O)c3ccccc3C)cc2c2c3c(ccc21)C(=O)C(=NO)C3. The van der Waals surface area contributed by atoms with Gasteiger partial charge in [0.2, 0.25) is 5.78 Å². The number of rotatable bonds is 3. The van der Waals surface area contributed by atoms with E-state index in [2.05, 4.69) is 16.6 Å². The molecule has 0 aliphatic heterocycles. The van der Waals surface area contributed by atoms with Crippen molar-refractivity contribution in [1.29, 1.82) is 0 Å². The van der Waals surface area contributed by atoms with Crippen LogP contribution in [0.1, 0.15) is 44.3 Å². The summed E-state index contributed by atoms with van der Waals surface area (Å²) in [4.78, 5) is 25.7. The van der Waals surface area contributed by atoms with Gasteiger partial charge < -0.3 is 9.77 Å². The Kier molecular flexibility index (Phi) is 4.07. The second-order valence-corrected chi connectivity index (χ2v) is 7.66. The Labute approximate surface area is 173 Å². The van der Waals surface area contributed by atoms with Gasteiger partial charge in [-0.05, 0) is 55.3 Å². The van der Waals surface area contributed by atoms with Gasteiger partial charge >= 0.3 is 0 Å². The second-order valence-electron chi connectivity index (χ2n) is 7.66. The molecule has 0 radical (unpaired) electrons. The van der Waals surface area contributed by atoms with E-state index in [-0.39, 0.29) is 17.3 Å². The van der Waals surface area contributed by atoms with Gasteiger partial charge in [0.1, 0.15) is 5.71 Å². The lowest BCUT2D eigenvalue weighted by atomic mass is 9.96. The highest BCUT2D eigenvalue weighted by molar-refractivity contribution is 6.50. The molecular weight excluding hydrogens is 376 g/mol. The van der Waals surface area contributed by atoms with Crippen molar-refractivity contribution in [2.45, 2.75) is 26.8 Å². The molecule has 1 aromatic heterocycles. The number of benzene rings is 3. The van der Waals surface area contributed by atoms with E-state index in [0.29, 0.717) is 23.1 Å². The lowest BCUT2D eigenvalue weighted by Crippen LogP contribution is -2.06. The summed E-state index contributed by atoms with van der Waals surface area (Å²) in [5.41, 5.74) is 5.86. The van der Waals surface area contributed by atoms with Gasteiger partial charge in [0.15, 0.2) is 5.78 Å². The predicted octanol–water partition coefficient (Wildman–Crippen LogP) is 4.92. The predicted molar refractivity (Wildman–Crippen MR) is 117 cm³/mol. The molecule has 1 aliphatic rings. The average Bonchev–Trinajstić information content (AvgIpc) is 3.27. The van der Waals surface area contributed by atoms with E-state index in [9.17, 15) is 14.8 Å². The minimum absolute atomic E-state index is 0.0198. The van der Waals surface area contributed by atoms with E-state index in [1.807, 2.05) is 61.5 Å². The minimum atomic E-state index is -0.237. The Balaban J connectivity index is 1.80. The van der Waals surface area contributed by atoms with E-state index in [1.54, 1.807) is 0 Å². The molecule has 0 fully saturated rings. The third-order valence-electron chi connectivity index (χ3n) is 6.08. The zero-order chi connectivity index (χ0) is 21.0. The first kappa shape index (κ1) is 18.3. The van der Waals surface area contributed by atoms with Crippen LogP contribution in [0.15, 0.2) is 59.8 Å². The van der Waals surface area contributed by atoms with Gasteiger partial charge in [0.05, 0.1) is 0 Å². The molecule has 5 heteroatoms. The molecule has 0 saturated heterocycles. The molecule has 148 valence electrons. The van der Waals surface area contributed by atoms with Gasteiger partial charge in [-0.1, -0.05) is 29.4 Å². The average molecular weight is 396 g/mol. The highest BCUT2D eigenvalue weighted by Crippen LogP contribution is 2.37. The van der Waals surface area contributed by atoms with Crippen LogP contribution in [-0.2, 0) is 13.0 Å². The number of ketones is 2. The summed E-state index contributed by atoms with van der Waals surface area (Å²) in [6, 6.07) is 17.1. The number of hydrogen-bond donors (Lipinski definition) is 1. The van der Waals surface area contributed by atoms with Crippen molar-refractivity contribution >= 4 is 39.1 Å². The van der Waals surface area contributed by atoms with Gasteiger partial charge in [-0.2, -0.15) is 0 Å².